The Labute approximate surface area is 272 Å². The number of nitrogens with zero attached hydrogens (tertiary/aromatic N) is 4. The number of halogens is 2. The molecular weight excluding hydrogens is 610 g/mol. The van der Waals surface area contributed by atoms with Crippen molar-refractivity contribution in [2.45, 2.75) is 45.2 Å². The number of ether oxygens (including phenoxy) is 2. The Kier molecular flexibility index (Phi) is 11.3. The van der Waals surface area contributed by atoms with Gasteiger partial charge in [-0.3, -0.25) is 14.5 Å². The minimum absolute atomic E-state index is 0.0242. The van der Waals surface area contributed by atoms with Crippen LogP contribution in [0.5, 0.6) is 11.6 Å². The van der Waals surface area contributed by atoms with Crippen LogP contribution in [0.4, 0.5) is 19.3 Å². The van der Waals surface area contributed by atoms with Crippen molar-refractivity contribution in [2.24, 2.45) is 5.73 Å². The molecule has 0 radical (unpaired) electrons. The van der Waals surface area contributed by atoms with Gasteiger partial charge in [0.05, 0.1) is 24.5 Å². The summed E-state index contributed by atoms with van der Waals surface area (Å²) in [7, 11) is 0. The summed E-state index contributed by atoms with van der Waals surface area (Å²) in [5.74, 6) is -2.11. The van der Waals surface area contributed by atoms with Crippen LogP contribution in [0.3, 0.4) is 0 Å². The van der Waals surface area contributed by atoms with Crippen LogP contribution in [0.15, 0.2) is 54.7 Å². The minimum Gasteiger partial charge on any atom is -0.439 e. The molecule has 0 bridgehead atoms. The van der Waals surface area contributed by atoms with E-state index in [2.05, 4.69) is 15.2 Å². The summed E-state index contributed by atoms with van der Waals surface area (Å²) in [6.45, 7) is 6.94. The van der Waals surface area contributed by atoms with E-state index in [9.17, 15) is 23.2 Å². The van der Waals surface area contributed by atoms with E-state index in [1.807, 2.05) is 19.1 Å². The van der Waals surface area contributed by atoms with Crippen LogP contribution in [-0.2, 0) is 11.3 Å². The summed E-state index contributed by atoms with van der Waals surface area (Å²) in [4.78, 5) is 47.7. The molecule has 0 atom stereocenters. The van der Waals surface area contributed by atoms with E-state index < -0.39 is 29.1 Å². The number of carbonyl (C=O) groups is 3. The van der Waals surface area contributed by atoms with Crippen LogP contribution >= 0.6 is 0 Å². The topological polar surface area (TPSA) is 130 Å². The zero-order valence-corrected chi connectivity index (χ0v) is 26.4. The van der Waals surface area contributed by atoms with E-state index in [-0.39, 0.29) is 17.6 Å². The van der Waals surface area contributed by atoms with Crippen LogP contribution in [0.1, 0.15) is 58.9 Å². The average molecular weight is 651 g/mol. The van der Waals surface area contributed by atoms with Gasteiger partial charge >= 0.3 is 6.03 Å². The summed E-state index contributed by atoms with van der Waals surface area (Å²) < 4.78 is 39.6. The molecule has 2 aromatic carbocycles. The number of piperidine rings is 1. The maximum absolute atomic E-state index is 14.4. The first kappa shape index (κ1) is 33.7. The Hall–Kier alpha value is -4.62. The molecule has 0 unspecified atom stereocenters. The number of rotatable bonds is 11. The fourth-order valence-corrected chi connectivity index (χ4v) is 5.75. The number of nitrogens with two attached hydrogens (primary N) is 1. The number of hydrogen-bond acceptors (Lipinski definition) is 7. The molecule has 250 valence electrons. The molecule has 0 spiro atoms. The van der Waals surface area contributed by atoms with Gasteiger partial charge in [0.25, 0.3) is 11.8 Å². The number of nitrogens with one attached hydrogen (secondary N) is 1. The zero-order valence-electron chi connectivity index (χ0n) is 26.4. The predicted molar refractivity (Wildman–Crippen MR) is 171 cm³/mol. The normalized spacial score (nSPS) is 15.7. The summed E-state index contributed by atoms with van der Waals surface area (Å²) in [6, 6.07) is 11.7. The van der Waals surface area contributed by atoms with Gasteiger partial charge in [-0.1, -0.05) is 19.4 Å². The Bertz CT molecular complexity index is 1540. The second kappa shape index (κ2) is 15.8. The number of hydrogen-bond donors (Lipinski definition) is 2. The quantitative estimate of drug-likeness (QED) is 0.298. The first-order chi connectivity index (χ1) is 22.7. The number of amides is 4. The highest BCUT2D eigenvalue weighted by molar-refractivity contribution is 5.96. The van der Waals surface area contributed by atoms with Crippen molar-refractivity contribution < 1.29 is 32.6 Å². The fourth-order valence-electron chi connectivity index (χ4n) is 5.75. The molecule has 5 rings (SSSR count). The maximum atomic E-state index is 14.4. The number of primary amides is 1. The molecule has 2 aliphatic heterocycles. The van der Waals surface area contributed by atoms with Crippen molar-refractivity contribution in [3.8, 4) is 11.6 Å². The van der Waals surface area contributed by atoms with E-state index in [0.717, 1.165) is 37.6 Å². The molecule has 4 amide bonds. The van der Waals surface area contributed by atoms with Crippen molar-refractivity contribution in [3.05, 3.63) is 83.1 Å². The standard InChI is InChI=1S/C34H40F2N6O5/c1-2-3-12-42(34(45)39-30-19-27(32(37)43)28(35)20-29(30)36)25-10-13-40(14-11-25)22-23-4-9-31(38-21-23)47-26-7-5-24(6-8-26)33(44)41-15-17-46-18-16-41/h4-9,19-21,25H,2-3,10-18,22H2,1H3,(H2,37,43)(H,39,45). The molecule has 2 fully saturated rings. The van der Waals surface area contributed by atoms with Gasteiger partial charge in [-0.25, -0.2) is 18.6 Å². The molecule has 3 aromatic rings. The number of aromatic nitrogens is 1. The predicted octanol–water partition coefficient (Wildman–Crippen LogP) is 5.02. The Morgan fingerprint density at radius 1 is 1.02 bits per heavy atom. The van der Waals surface area contributed by atoms with Crippen LogP contribution in [0.25, 0.3) is 0 Å². The molecule has 13 heteroatoms. The first-order valence-electron chi connectivity index (χ1n) is 15.9. The number of morpholine rings is 1. The van der Waals surface area contributed by atoms with Gasteiger partial charge in [0.2, 0.25) is 5.88 Å². The van der Waals surface area contributed by atoms with Gasteiger partial charge in [0, 0.05) is 69.2 Å². The average Bonchev–Trinajstić information content (AvgIpc) is 3.08. The lowest BCUT2D eigenvalue weighted by atomic mass is 10.0. The molecule has 1 aromatic heterocycles. The van der Waals surface area contributed by atoms with Gasteiger partial charge in [-0.05, 0) is 55.2 Å². The second-order valence-electron chi connectivity index (χ2n) is 11.7. The Morgan fingerprint density at radius 3 is 2.38 bits per heavy atom. The van der Waals surface area contributed by atoms with Crippen LogP contribution in [0, 0.1) is 11.6 Å². The number of benzene rings is 2. The smallest absolute Gasteiger partial charge is 0.322 e. The first-order valence-corrected chi connectivity index (χ1v) is 15.9. The lowest BCUT2D eigenvalue weighted by Gasteiger charge is -2.38. The highest BCUT2D eigenvalue weighted by Crippen LogP contribution is 2.25. The van der Waals surface area contributed by atoms with Gasteiger partial charge in [0.15, 0.2) is 0 Å². The number of urea groups is 1. The second-order valence-corrected chi connectivity index (χ2v) is 11.7. The Morgan fingerprint density at radius 2 is 1.74 bits per heavy atom. The number of unbranched alkanes of at least 4 members (excludes halogenated alkanes) is 1. The third-order valence-electron chi connectivity index (χ3n) is 8.40. The van der Waals surface area contributed by atoms with Gasteiger partial charge in [0.1, 0.15) is 17.4 Å². The maximum Gasteiger partial charge on any atom is 0.322 e. The van der Waals surface area contributed by atoms with Crippen molar-refractivity contribution >= 4 is 23.5 Å². The highest BCUT2D eigenvalue weighted by atomic mass is 19.1. The summed E-state index contributed by atoms with van der Waals surface area (Å²) in [6.07, 6.45) is 4.84. The van der Waals surface area contributed by atoms with Crippen LogP contribution < -0.4 is 15.8 Å². The summed E-state index contributed by atoms with van der Waals surface area (Å²) >= 11 is 0. The van der Waals surface area contributed by atoms with Crippen LogP contribution in [0.2, 0.25) is 0 Å². The van der Waals surface area contributed by atoms with Gasteiger partial charge in [-0.15, -0.1) is 0 Å². The largest absolute Gasteiger partial charge is 0.439 e. The highest BCUT2D eigenvalue weighted by Gasteiger charge is 2.29. The van der Waals surface area contributed by atoms with Crippen molar-refractivity contribution in [1.82, 2.24) is 19.7 Å². The number of likely N-dealkylation sites (tertiary alicyclic amines) is 1. The van der Waals surface area contributed by atoms with Crippen molar-refractivity contribution in [2.75, 3.05) is 51.3 Å². The van der Waals surface area contributed by atoms with Gasteiger partial charge < -0.3 is 30.3 Å². The monoisotopic (exact) mass is 650 g/mol. The number of carbonyl (C=O) groups excluding carboxylic acids is 3. The molecule has 3 heterocycles. The molecule has 11 nitrogen and oxygen atoms in total. The molecule has 0 saturated carbocycles. The van der Waals surface area contributed by atoms with Crippen molar-refractivity contribution in [3.63, 3.8) is 0 Å². The summed E-state index contributed by atoms with van der Waals surface area (Å²) in [5, 5.41) is 2.52. The van der Waals surface area contributed by atoms with E-state index in [1.54, 1.807) is 40.3 Å². The number of anilines is 1. The molecule has 47 heavy (non-hydrogen) atoms. The minimum atomic E-state index is -1.08. The van der Waals surface area contributed by atoms with E-state index in [0.29, 0.717) is 75.5 Å². The van der Waals surface area contributed by atoms with Gasteiger partial charge in [-0.2, -0.15) is 0 Å². The van der Waals surface area contributed by atoms with E-state index in [4.69, 9.17) is 15.2 Å². The van der Waals surface area contributed by atoms with Crippen molar-refractivity contribution in [1.29, 1.82) is 0 Å². The third kappa shape index (κ3) is 8.80. The number of pyridine rings is 1. The molecule has 2 saturated heterocycles. The van der Waals surface area contributed by atoms with Crippen LogP contribution in [-0.4, -0.2) is 89.5 Å². The SMILES string of the molecule is CCCCN(C(=O)Nc1cc(C(N)=O)c(F)cc1F)C1CCN(Cc2ccc(Oc3ccc(C(=O)N4CCOCC4)cc3)nc2)CC1. The molecule has 3 N–H and O–H groups in total. The molecule has 2 aliphatic rings. The van der Waals surface area contributed by atoms with E-state index in [1.165, 1.54) is 0 Å². The summed E-state index contributed by atoms with van der Waals surface area (Å²) in [5.41, 5.74) is 6.02. The Balaban J connectivity index is 1.12. The third-order valence-corrected chi connectivity index (χ3v) is 8.40. The molecular formula is C34H40F2N6O5. The van der Waals surface area contributed by atoms with E-state index >= 15 is 0 Å². The fraction of sp³-hybridized carbons (Fsp3) is 0.412. The molecule has 0 aliphatic carbocycles. The zero-order chi connectivity index (χ0) is 33.3. The lowest BCUT2D eigenvalue weighted by Crippen LogP contribution is -2.49. The lowest BCUT2D eigenvalue weighted by molar-refractivity contribution is 0.0303.